The molecule has 2 aliphatic rings. The van der Waals surface area contributed by atoms with E-state index in [2.05, 4.69) is 53.2 Å². The lowest BCUT2D eigenvalue weighted by molar-refractivity contribution is -0.0528. The molecule has 18 heavy (non-hydrogen) atoms. The van der Waals surface area contributed by atoms with Crippen LogP contribution in [0.15, 0.2) is 24.2 Å². The number of hydrazine groups is 2. The molecule has 0 aliphatic carbocycles. The average molecular weight is 251 g/mol. The molecule has 2 aliphatic heterocycles. The van der Waals surface area contributed by atoms with Gasteiger partial charge in [0.2, 0.25) is 0 Å². The number of hydrogen-bond acceptors (Lipinski definition) is 5. The van der Waals surface area contributed by atoms with E-state index in [-0.39, 0.29) is 0 Å². The third kappa shape index (κ3) is 3.17. The van der Waals surface area contributed by atoms with Crippen molar-refractivity contribution in [3.63, 3.8) is 0 Å². The van der Waals surface area contributed by atoms with Crippen molar-refractivity contribution in [3.8, 4) is 0 Å². The Bertz CT molecular complexity index is 317. The lowest BCUT2D eigenvalue weighted by Gasteiger charge is -2.42. The summed E-state index contributed by atoms with van der Waals surface area (Å²) in [6.07, 6.45) is 8.47. The summed E-state index contributed by atoms with van der Waals surface area (Å²) >= 11 is 0. The first kappa shape index (κ1) is 13.2. The monoisotopic (exact) mass is 251 g/mol. The highest BCUT2D eigenvalue weighted by Gasteiger charge is 2.25. The Morgan fingerprint density at radius 1 is 1.39 bits per heavy atom. The maximum absolute atomic E-state index is 3.47. The fraction of sp³-hybridized carbons (Fsp3) is 0.692. The summed E-state index contributed by atoms with van der Waals surface area (Å²) in [5, 5.41) is 11.3. The van der Waals surface area contributed by atoms with E-state index in [9.17, 15) is 0 Å². The zero-order valence-corrected chi connectivity index (χ0v) is 11.6. The van der Waals surface area contributed by atoms with E-state index in [4.69, 9.17) is 0 Å². The summed E-state index contributed by atoms with van der Waals surface area (Å²) in [6.45, 7) is 6.52. The molecule has 102 valence electrons. The summed E-state index contributed by atoms with van der Waals surface area (Å²) in [4.78, 5) is 0. The van der Waals surface area contributed by atoms with Crippen LogP contribution in [0.1, 0.15) is 26.7 Å². The smallest absolute Gasteiger partial charge is 0.138 e. The van der Waals surface area contributed by atoms with Crippen LogP contribution in [0.2, 0.25) is 0 Å². The predicted octanol–water partition coefficient (Wildman–Crippen LogP) is 0.759. The lowest BCUT2D eigenvalue weighted by atomic mass is 10.1. The molecule has 0 aromatic rings. The molecule has 0 aromatic carbocycles. The summed E-state index contributed by atoms with van der Waals surface area (Å²) in [6, 6.07) is 1.01. The molecule has 0 atom stereocenters. The number of nitrogens with one attached hydrogen (secondary N) is 3. The van der Waals surface area contributed by atoms with Crippen molar-refractivity contribution >= 4 is 0 Å². The minimum Gasteiger partial charge on any atom is -0.367 e. The van der Waals surface area contributed by atoms with E-state index in [0.29, 0.717) is 12.1 Å². The Hall–Kier alpha value is -1.20. The van der Waals surface area contributed by atoms with Gasteiger partial charge in [0.25, 0.3) is 0 Å². The SMILES string of the molecule is CC(C)NC1=CC=CNN1N(C)C1CCNCC1. The molecule has 0 saturated carbocycles. The molecule has 3 N–H and O–H groups in total. The normalized spacial score (nSPS) is 21.2. The van der Waals surface area contributed by atoms with E-state index < -0.39 is 0 Å². The molecule has 5 heteroatoms. The number of nitrogens with zero attached hydrogens (tertiary/aromatic N) is 2. The highest BCUT2D eigenvalue weighted by atomic mass is 15.8. The zero-order valence-electron chi connectivity index (χ0n) is 11.6. The molecule has 5 nitrogen and oxygen atoms in total. The average Bonchev–Trinajstić information content (AvgIpc) is 2.39. The minimum atomic E-state index is 0.425. The predicted molar refractivity (Wildman–Crippen MR) is 74.1 cm³/mol. The molecule has 0 amide bonds. The number of hydrogen-bond donors (Lipinski definition) is 3. The lowest BCUT2D eigenvalue weighted by Crippen LogP contribution is -2.56. The van der Waals surface area contributed by atoms with Crippen molar-refractivity contribution in [3.05, 3.63) is 24.2 Å². The van der Waals surface area contributed by atoms with E-state index in [1.807, 2.05) is 12.3 Å². The van der Waals surface area contributed by atoms with Gasteiger partial charge in [0, 0.05) is 25.3 Å². The molecule has 0 radical (unpaired) electrons. The molecular formula is C13H25N5. The second-order valence-electron chi connectivity index (χ2n) is 5.21. The van der Waals surface area contributed by atoms with Gasteiger partial charge in [0.15, 0.2) is 0 Å². The van der Waals surface area contributed by atoms with Gasteiger partial charge < -0.3 is 10.6 Å². The van der Waals surface area contributed by atoms with Crippen LogP contribution in [0.4, 0.5) is 0 Å². The van der Waals surface area contributed by atoms with Crippen LogP contribution in [-0.2, 0) is 0 Å². The summed E-state index contributed by atoms with van der Waals surface area (Å²) in [7, 11) is 2.15. The van der Waals surface area contributed by atoms with Crippen molar-refractivity contribution in [1.82, 2.24) is 26.2 Å². The van der Waals surface area contributed by atoms with Crippen molar-refractivity contribution in [2.75, 3.05) is 20.1 Å². The molecular weight excluding hydrogens is 226 g/mol. The first-order chi connectivity index (χ1) is 8.68. The van der Waals surface area contributed by atoms with Gasteiger partial charge in [-0.3, -0.25) is 5.43 Å². The van der Waals surface area contributed by atoms with Gasteiger partial charge >= 0.3 is 0 Å². The number of piperidine rings is 1. The molecule has 0 bridgehead atoms. The quantitative estimate of drug-likeness (QED) is 0.688. The van der Waals surface area contributed by atoms with Crippen LogP contribution in [0.3, 0.4) is 0 Å². The summed E-state index contributed by atoms with van der Waals surface area (Å²) in [5.41, 5.74) is 3.30. The second kappa shape index (κ2) is 6.11. The fourth-order valence-corrected chi connectivity index (χ4v) is 2.40. The Labute approximate surface area is 110 Å². The number of rotatable bonds is 4. The van der Waals surface area contributed by atoms with Crippen LogP contribution in [0.25, 0.3) is 0 Å². The van der Waals surface area contributed by atoms with Crippen molar-refractivity contribution in [1.29, 1.82) is 0 Å². The molecule has 1 fully saturated rings. The molecule has 0 unspecified atom stereocenters. The molecule has 1 saturated heterocycles. The van der Waals surface area contributed by atoms with Crippen molar-refractivity contribution < 1.29 is 0 Å². The van der Waals surface area contributed by atoms with Gasteiger partial charge in [-0.15, -0.1) is 0 Å². The fourth-order valence-electron chi connectivity index (χ4n) is 2.40. The van der Waals surface area contributed by atoms with Crippen LogP contribution in [0, 0.1) is 0 Å². The zero-order chi connectivity index (χ0) is 13.0. The standard InChI is InChI=1S/C13H25N5/c1-11(2)16-13-5-4-8-15-18(13)17(3)12-6-9-14-10-7-12/h4-5,8,11-12,14-16H,6-7,9-10H2,1-3H3. The van der Waals surface area contributed by atoms with Gasteiger partial charge in [-0.05, 0) is 51.9 Å². The Kier molecular flexibility index (Phi) is 4.49. The van der Waals surface area contributed by atoms with Gasteiger partial charge in [-0.2, -0.15) is 0 Å². The van der Waals surface area contributed by atoms with Crippen LogP contribution >= 0.6 is 0 Å². The third-order valence-electron chi connectivity index (χ3n) is 3.36. The second-order valence-corrected chi connectivity index (χ2v) is 5.21. The first-order valence-electron chi connectivity index (χ1n) is 6.81. The molecule has 2 heterocycles. The Morgan fingerprint density at radius 2 is 2.11 bits per heavy atom. The van der Waals surface area contributed by atoms with Gasteiger partial charge in [-0.25, -0.2) is 10.1 Å². The summed E-state index contributed by atoms with van der Waals surface area (Å²) in [5.74, 6) is 1.11. The van der Waals surface area contributed by atoms with Crippen molar-refractivity contribution in [2.45, 2.75) is 38.8 Å². The minimum absolute atomic E-state index is 0.425. The number of allylic oxidation sites excluding steroid dienone is 2. The molecule has 0 spiro atoms. The topological polar surface area (TPSA) is 42.6 Å². The van der Waals surface area contributed by atoms with Gasteiger partial charge in [0.05, 0.1) is 0 Å². The van der Waals surface area contributed by atoms with Crippen LogP contribution in [0.5, 0.6) is 0 Å². The summed E-state index contributed by atoms with van der Waals surface area (Å²) < 4.78 is 0. The van der Waals surface area contributed by atoms with Gasteiger partial charge in [-0.1, -0.05) is 0 Å². The van der Waals surface area contributed by atoms with E-state index in [1.165, 1.54) is 12.8 Å². The van der Waals surface area contributed by atoms with Crippen LogP contribution in [-0.4, -0.2) is 42.3 Å². The molecule has 0 aromatic heterocycles. The van der Waals surface area contributed by atoms with E-state index >= 15 is 0 Å². The maximum atomic E-state index is 3.47. The maximum Gasteiger partial charge on any atom is 0.138 e. The first-order valence-corrected chi connectivity index (χ1v) is 6.81. The third-order valence-corrected chi connectivity index (χ3v) is 3.36. The Morgan fingerprint density at radius 3 is 2.78 bits per heavy atom. The Balaban J connectivity index is 2.01. The van der Waals surface area contributed by atoms with Crippen molar-refractivity contribution in [2.24, 2.45) is 0 Å². The highest BCUT2D eigenvalue weighted by molar-refractivity contribution is 5.13. The molecule has 2 rings (SSSR count). The van der Waals surface area contributed by atoms with Gasteiger partial charge in [0.1, 0.15) is 5.82 Å². The largest absolute Gasteiger partial charge is 0.367 e. The van der Waals surface area contributed by atoms with E-state index in [0.717, 1.165) is 18.9 Å². The van der Waals surface area contributed by atoms with E-state index in [1.54, 1.807) is 0 Å². The van der Waals surface area contributed by atoms with Crippen LogP contribution < -0.4 is 16.1 Å². The highest BCUT2D eigenvalue weighted by Crippen LogP contribution is 2.15.